The molecule has 6 atom stereocenters. The average Bonchev–Trinajstić information content (AvgIpc) is 1.93. The summed E-state index contributed by atoms with van der Waals surface area (Å²) in [6.07, 6.45) is 6.13. The van der Waals surface area contributed by atoms with Crippen LogP contribution >= 0.6 is 11.3 Å². The molecule has 3 aromatic carbocycles. The lowest BCUT2D eigenvalue weighted by Gasteiger charge is -2.42. The number of benzene rings is 3. The van der Waals surface area contributed by atoms with Gasteiger partial charge in [-0.25, -0.2) is 14.2 Å². The third-order valence-corrected chi connectivity index (χ3v) is 19.4. The van der Waals surface area contributed by atoms with Crippen LogP contribution in [0.5, 0.6) is 11.8 Å². The van der Waals surface area contributed by atoms with Gasteiger partial charge in [-0.3, -0.25) is 24.4 Å². The number of pyridine rings is 1. The molecule has 3 amide bonds. The van der Waals surface area contributed by atoms with Gasteiger partial charge in [0.25, 0.3) is 0 Å². The molecule has 9 heterocycles. The minimum absolute atomic E-state index is 0.00869. The normalized spacial score (nSPS) is 21.0. The summed E-state index contributed by atoms with van der Waals surface area (Å²) >= 11 is 1.59. The number of hydrogen-bond acceptors (Lipinski definition) is 17. The Balaban J connectivity index is 0.656. The number of piperazine rings is 1. The minimum Gasteiger partial charge on any atom is -0.508 e. The fourth-order valence-electron chi connectivity index (χ4n) is 14.0. The van der Waals surface area contributed by atoms with Crippen molar-refractivity contribution in [3.63, 3.8) is 0 Å². The summed E-state index contributed by atoms with van der Waals surface area (Å²) in [7, 11) is 0. The van der Waals surface area contributed by atoms with Crippen molar-refractivity contribution in [3.8, 4) is 33.5 Å². The molecular formula is C66H80FN11O8S. The Labute approximate surface area is 511 Å². The first-order valence-corrected chi connectivity index (χ1v) is 31.9. The van der Waals surface area contributed by atoms with Crippen LogP contribution in [0.15, 0.2) is 76.9 Å². The van der Waals surface area contributed by atoms with Gasteiger partial charge in [0.15, 0.2) is 17.4 Å². The van der Waals surface area contributed by atoms with Crippen LogP contribution in [0, 0.1) is 30.5 Å². The molecule has 2 unspecified atom stereocenters. The van der Waals surface area contributed by atoms with Crippen LogP contribution < -0.4 is 19.9 Å². The van der Waals surface area contributed by atoms with E-state index in [4.69, 9.17) is 28.9 Å². The molecule has 5 aliphatic heterocycles. The number of nitrogens with zero attached hydrogens (tertiary/aromatic N) is 10. The number of nitrogens with one attached hydrogen (secondary N) is 1. The molecule has 2 bridgehead atoms. The smallest absolute Gasteiger partial charge is 0.410 e. The van der Waals surface area contributed by atoms with Crippen LogP contribution in [0.4, 0.5) is 20.8 Å². The van der Waals surface area contributed by atoms with E-state index < -0.39 is 29.5 Å². The van der Waals surface area contributed by atoms with Crippen LogP contribution in [0.2, 0.25) is 0 Å². The first-order valence-electron chi connectivity index (χ1n) is 31.0. The highest BCUT2D eigenvalue weighted by molar-refractivity contribution is 7.13. The number of aromatic nitrogens is 5. The van der Waals surface area contributed by atoms with Crippen molar-refractivity contribution in [2.75, 3.05) is 68.8 Å². The maximum Gasteiger partial charge on any atom is 0.410 e. The molecule has 3 N–H and O–H groups in total. The molecule has 0 spiro atoms. The number of likely N-dealkylation sites (tertiary alicyclic amines) is 2. The molecule has 21 heteroatoms. The van der Waals surface area contributed by atoms with Gasteiger partial charge in [0, 0.05) is 63.5 Å². The summed E-state index contributed by atoms with van der Waals surface area (Å²) in [6.45, 7) is 20.9. The van der Waals surface area contributed by atoms with Crippen LogP contribution in [0.25, 0.3) is 43.4 Å². The number of phenolic OH excluding ortho intramolecular Hbond substituents is 1. The predicted molar refractivity (Wildman–Crippen MR) is 332 cm³/mol. The average molecular weight is 1210 g/mol. The number of β-amino-alcohol motifs (C(OH)–C–C–N with tert-alkyl or cyclic N) is 1. The summed E-state index contributed by atoms with van der Waals surface area (Å²) in [5.41, 5.74) is 5.81. The zero-order valence-corrected chi connectivity index (χ0v) is 51.9. The van der Waals surface area contributed by atoms with Crippen molar-refractivity contribution in [2.24, 2.45) is 17.8 Å². The zero-order chi connectivity index (χ0) is 61.0. The van der Waals surface area contributed by atoms with Crippen molar-refractivity contribution in [3.05, 3.63) is 101 Å². The van der Waals surface area contributed by atoms with Gasteiger partial charge in [-0.2, -0.15) is 9.97 Å². The molecule has 19 nitrogen and oxygen atoms in total. The van der Waals surface area contributed by atoms with E-state index in [1.165, 1.54) is 4.90 Å². The maximum atomic E-state index is 17.4. The number of piperidine rings is 1. The molecule has 7 aromatic rings. The molecule has 87 heavy (non-hydrogen) atoms. The Morgan fingerprint density at radius 1 is 0.908 bits per heavy atom. The number of aliphatic hydroxyl groups is 1. The highest BCUT2D eigenvalue weighted by Gasteiger charge is 2.47. The van der Waals surface area contributed by atoms with Crippen LogP contribution in [0.1, 0.15) is 122 Å². The summed E-state index contributed by atoms with van der Waals surface area (Å²) in [5.74, 6) is 0.663. The highest BCUT2D eigenvalue weighted by Crippen LogP contribution is 2.42. The number of ether oxygens (including phenoxy) is 2. The summed E-state index contributed by atoms with van der Waals surface area (Å²) in [6, 6.07) is 17.7. The second-order valence-corrected chi connectivity index (χ2v) is 26.9. The Morgan fingerprint density at radius 3 is 2.34 bits per heavy atom. The lowest BCUT2D eigenvalue weighted by Crippen LogP contribution is -2.57. The number of thiazole rings is 1. The molecule has 5 aliphatic rings. The van der Waals surface area contributed by atoms with Gasteiger partial charge >= 0.3 is 12.1 Å². The molecule has 0 aliphatic carbocycles. The number of carbonyl (C=O) groups excluding carboxylic acids is 3. The first-order chi connectivity index (χ1) is 41.8. The van der Waals surface area contributed by atoms with Crippen LogP contribution in [-0.4, -0.2) is 157 Å². The zero-order valence-electron chi connectivity index (χ0n) is 51.0. The van der Waals surface area contributed by atoms with Gasteiger partial charge < -0.3 is 44.2 Å². The predicted octanol–water partition coefficient (Wildman–Crippen LogP) is 10.5. The number of fused-ring (bicyclic) bond motifs is 4. The number of aliphatic hydroxyl groups excluding tert-OH is 1. The summed E-state index contributed by atoms with van der Waals surface area (Å²) in [4.78, 5) is 71.8. The number of halogens is 1. The van der Waals surface area contributed by atoms with Gasteiger partial charge in [-0.15, -0.1) is 11.3 Å². The fourth-order valence-corrected chi connectivity index (χ4v) is 14.8. The molecule has 12 rings (SSSR count). The minimum atomic E-state index is -0.827. The quantitative estimate of drug-likeness (QED) is 0.0773. The maximum absolute atomic E-state index is 17.4. The molecule has 0 radical (unpaired) electrons. The Hall–Kier alpha value is -7.49. The number of aryl methyl sites for hydroxylation is 2. The van der Waals surface area contributed by atoms with E-state index in [-0.39, 0.29) is 77.9 Å². The number of anilines is 2. The third-order valence-electron chi connectivity index (χ3n) is 18.4. The van der Waals surface area contributed by atoms with Gasteiger partial charge in [0.1, 0.15) is 46.9 Å². The lowest BCUT2D eigenvalue weighted by molar-refractivity contribution is -0.141. The Morgan fingerprint density at radius 2 is 1.66 bits per heavy atom. The number of phenols is 1. The topological polar surface area (TPSA) is 216 Å². The second-order valence-electron chi connectivity index (χ2n) is 26.0. The van der Waals surface area contributed by atoms with Crippen LogP contribution in [0.3, 0.4) is 0 Å². The van der Waals surface area contributed by atoms with Crippen molar-refractivity contribution in [2.45, 2.75) is 142 Å². The van der Waals surface area contributed by atoms with Crippen molar-refractivity contribution in [1.29, 1.82) is 0 Å². The van der Waals surface area contributed by atoms with Crippen molar-refractivity contribution >= 4 is 62.6 Å². The van der Waals surface area contributed by atoms with Gasteiger partial charge in [0.2, 0.25) is 11.8 Å². The molecule has 4 aromatic heterocycles. The Bertz CT molecular complexity index is 3660. The van der Waals surface area contributed by atoms with Crippen molar-refractivity contribution < 1.29 is 43.0 Å². The first kappa shape index (κ1) is 59.8. The van der Waals surface area contributed by atoms with E-state index >= 15 is 4.39 Å². The van der Waals surface area contributed by atoms with E-state index in [1.54, 1.807) is 29.7 Å². The summed E-state index contributed by atoms with van der Waals surface area (Å²) in [5, 5.41) is 31.3. The molecule has 5 fully saturated rings. The number of carbonyl (C=O) groups is 3. The molecular weight excluding hydrogens is 1130 g/mol. The lowest BCUT2D eigenvalue weighted by atomic mass is 9.83. The standard InChI is InChI=1S/C66H80FN11O8S/c1-9-42-11-10-12-45-26-48(79)27-50(56(42)45)58-57(67)59-51(30-68-58)61(76-33-46-17-18-47(34-76)78(46)65(83)85-66(6,7)8)72-64(71-59)84-24-23-74-21-19-40(20-22-74)25-41-31-75(32-41)54-29-53(86-73-54)55(37(2)3)63(82)77-35-49(80)28-52(77)62(81)70-38(4)43-13-15-44(16-14-43)60-39(5)69-36-87-60/h10-16,26-27,29-30,36-38,40-41,46-47,49,52,55,79-80H,9,17-25,28,31-35H2,1-8H3,(H,70,81)/t38-,46?,47?,49+,52-,55+/m0/s1. The molecule has 5 saturated heterocycles. The monoisotopic (exact) mass is 1210 g/mol. The number of rotatable bonds is 17. The van der Waals surface area contributed by atoms with E-state index in [0.29, 0.717) is 72.8 Å². The number of hydrogen-bond donors (Lipinski definition) is 3. The van der Waals surface area contributed by atoms with E-state index in [0.717, 1.165) is 96.3 Å². The third kappa shape index (κ3) is 12.4. The van der Waals surface area contributed by atoms with Gasteiger partial charge in [0.05, 0.1) is 45.7 Å². The summed E-state index contributed by atoms with van der Waals surface area (Å²) < 4.78 is 35.5. The van der Waals surface area contributed by atoms with E-state index in [9.17, 15) is 24.6 Å². The van der Waals surface area contributed by atoms with Crippen molar-refractivity contribution in [1.82, 2.24) is 45.1 Å². The van der Waals surface area contributed by atoms with E-state index in [2.05, 4.69) is 30.2 Å². The Kier molecular flexibility index (Phi) is 16.9. The second kappa shape index (κ2) is 24.6. The number of aromatic hydroxyl groups is 1. The van der Waals surface area contributed by atoms with Gasteiger partial charge in [-0.1, -0.05) is 68.4 Å². The van der Waals surface area contributed by atoms with E-state index in [1.807, 2.05) is 114 Å². The highest BCUT2D eigenvalue weighted by atomic mass is 32.1. The van der Waals surface area contributed by atoms with Crippen LogP contribution in [-0.2, 0) is 20.7 Å². The van der Waals surface area contributed by atoms with Gasteiger partial charge in [-0.05, 0) is 144 Å². The number of amides is 3. The molecule has 460 valence electrons. The fraction of sp³-hybridized carbons (Fsp3) is 0.515. The SMILES string of the molecule is CCc1cccc2cc(O)cc(-c3ncc4c(N5CC6CCC(C5)N6C(=O)OC(C)(C)C)nc(OCCN5CCC(CC6CN(c7cc([C@H](C(=O)N8C[C@H](O)C[C@H]8C(=O)N[C@@H](C)c8ccc(-c9scnc9C)cc8)C(C)C)on7)C6)CC5)nc4c3F)c12. The molecule has 0 saturated carbocycles. The largest absolute Gasteiger partial charge is 0.508 e.